The van der Waals surface area contributed by atoms with Gasteiger partial charge in [-0.05, 0) is 110 Å². The molecule has 1 aromatic carbocycles. The van der Waals surface area contributed by atoms with Crippen molar-refractivity contribution in [1.82, 2.24) is 10.9 Å². The minimum absolute atomic E-state index is 0.136. The summed E-state index contributed by atoms with van der Waals surface area (Å²) >= 11 is 0. The number of aliphatic hydroxyl groups is 2. The van der Waals surface area contributed by atoms with Gasteiger partial charge in [0, 0.05) is 42.2 Å². The van der Waals surface area contributed by atoms with Gasteiger partial charge in [-0.2, -0.15) is 0 Å². The fourth-order valence-corrected chi connectivity index (χ4v) is 14.2. The predicted molar refractivity (Wildman–Crippen MR) is 204 cm³/mol. The van der Waals surface area contributed by atoms with E-state index in [-0.39, 0.29) is 41.8 Å². The fraction of sp³-hybridized carbons (Fsp3) is 0.733. The molecule has 2 heterocycles. The van der Waals surface area contributed by atoms with Gasteiger partial charge in [-0.1, -0.05) is 88.9 Å². The average Bonchev–Trinajstić information content (AvgIpc) is 3.85. The Hall–Kier alpha value is -2.52. The van der Waals surface area contributed by atoms with Gasteiger partial charge < -0.3 is 19.7 Å². The number of benzene rings is 1. The first-order valence-corrected chi connectivity index (χ1v) is 21.0. The second-order valence-corrected chi connectivity index (χ2v) is 19.4. The minimum Gasteiger partial charge on any atom is -0.458 e. The molecule has 4 saturated carbocycles. The third-order valence-electron chi connectivity index (χ3n) is 16.3. The maximum Gasteiger partial charge on any atom is 0.331 e. The number of allylic oxidation sites excluding steroid dienone is 1. The van der Waals surface area contributed by atoms with Crippen LogP contribution >= 0.6 is 0 Å². The molecule has 0 radical (unpaired) electrons. The monoisotopic (exact) mass is 728 g/mol. The van der Waals surface area contributed by atoms with Gasteiger partial charge in [0.25, 0.3) is 0 Å². The van der Waals surface area contributed by atoms with Crippen molar-refractivity contribution in [3.8, 4) is 0 Å². The number of aliphatic hydroxyl groups excluding tert-OH is 1. The molecule has 1 aromatic rings. The zero-order chi connectivity index (χ0) is 37.3. The second kappa shape index (κ2) is 13.6. The lowest BCUT2D eigenvalue weighted by Crippen LogP contribution is -2.83. The SMILES string of the molecule is CC(=O)OC12CC3(C)C=CC(CCC(C)CCCc4ccccc4)C4(C(O)CCC(C)(C5CC6(CCCC6)CC5NN1)C24)C3(O)CCC1=CC(=O)OC1. The Morgan fingerprint density at radius 2 is 1.85 bits per heavy atom. The van der Waals surface area contributed by atoms with E-state index in [1.807, 2.05) is 0 Å². The summed E-state index contributed by atoms with van der Waals surface area (Å²) in [5, 5.41) is 27.0. The Kier molecular flexibility index (Phi) is 9.60. The van der Waals surface area contributed by atoms with Crippen LogP contribution in [0.3, 0.4) is 0 Å². The zero-order valence-electron chi connectivity index (χ0n) is 32.6. The van der Waals surface area contributed by atoms with Crippen LogP contribution in [0.15, 0.2) is 54.1 Å². The quantitative estimate of drug-likeness (QED) is 0.137. The van der Waals surface area contributed by atoms with E-state index in [1.165, 1.54) is 38.2 Å². The number of cyclic esters (lactones) is 1. The number of hydrogen-bond acceptors (Lipinski definition) is 8. The smallest absolute Gasteiger partial charge is 0.331 e. The second-order valence-electron chi connectivity index (χ2n) is 19.4. The molecule has 0 amide bonds. The summed E-state index contributed by atoms with van der Waals surface area (Å²) in [5.41, 5.74) is 5.53. The molecule has 290 valence electrons. The topological polar surface area (TPSA) is 117 Å². The van der Waals surface area contributed by atoms with Gasteiger partial charge in [0.15, 0.2) is 5.72 Å². The number of carbonyl (C=O) groups is 2. The molecule has 11 atom stereocenters. The molecule has 1 saturated heterocycles. The molecule has 4 N–H and O–H groups in total. The number of ether oxygens (including phenoxy) is 2. The standard InChI is InChI=1S/C45H64N2O6/c1-30(11-10-14-32-12-6-5-7-13-32)15-16-34-18-22-40(3)29-43(53-31(2)48)39-41(4,35-26-42(20-8-9-21-42)27-36(35)46-47-43)23-19-37(49)45(34,39)44(40,51)24-17-33-25-38(50)52-28-33/h5-7,12-13,18,22,25,30,34-37,39,46-47,49,51H,8-11,14-17,19-21,23-24,26-29H2,1-4H3. The highest BCUT2D eigenvalue weighted by atomic mass is 16.6. The van der Waals surface area contributed by atoms with Crippen molar-refractivity contribution in [3.63, 3.8) is 0 Å². The molecular formula is C45H64N2O6. The molecule has 53 heavy (non-hydrogen) atoms. The fourth-order valence-electron chi connectivity index (χ4n) is 14.2. The van der Waals surface area contributed by atoms with Crippen LogP contribution in [0.2, 0.25) is 0 Å². The summed E-state index contributed by atoms with van der Waals surface area (Å²) in [6, 6.07) is 10.9. The molecule has 7 aliphatic rings. The molecule has 8 nitrogen and oxygen atoms in total. The Labute approximate surface area is 316 Å². The van der Waals surface area contributed by atoms with Crippen molar-refractivity contribution in [2.24, 2.45) is 45.3 Å². The van der Waals surface area contributed by atoms with Crippen LogP contribution in [0, 0.1) is 45.3 Å². The summed E-state index contributed by atoms with van der Waals surface area (Å²) in [6.45, 7) is 8.64. The summed E-state index contributed by atoms with van der Waals surface area (Å²) in [4.78, 5) is 25.5. The van der Waals surface area contributed by atoms with E-state index in [0.717, 1.165) is 56.9 Å². The molecule has 8 rings (SSSR count). The van der Waals surface area contributed by atoms with Gasteiger partial charge in [-0.15, -0.1) is 0 Å². The number of hydrogen-bond donors (Lipinski definition) is 4. The summed E-state index contributed by atoms with van der Waals surface area (Å²) < 4.78 is 12.0. The molecule has 5 fully saturated rings. The van der Waals surface area contributed by atoms with Crippen molar-refractivity contribution >= 4 is 11.9 Å². The van der Waals surface area contributed by atoms with Gasteiger partial charge in [0.2, 0.25) is 0 Å². The normalized spacial score (nSPS) is 42.7. The zero-order valence-corrected chi connectivity index (χ0v) is 32.6. The minimum atomic E-state index is -1.34. The van der Waals surface area contributed by atoms with Crippen molar-refractivity contribution in [2.75, 3.05) is 6.61 Å². The van der Waals surface area contributed by atoms with E-state index >= 15 is 0 Å². The largest absolute Gasteiger partial charge is 0.458 e. The summed E-state index contributed by atoms with van der Waals surface area (Å²) in [6.07, 6.45) is 20.4. The summed E-state index contributed by atoms with van der Waals surface area (Å²) in [7, 11) is 0. The van der Waals surface area contributed by atoms with Crippen LogP contribution in [-0.4, -0.2) is 52.2 Å². The number of hydrazine groups is 1. The Balaban J connectivity index is 1.21. The van der Waals surface area contributed by atoms with Gasteiger partial charge in [0.05, 0.1) is 11.7 Å². The Bertz CT molecular complexity index is 1620. The van der Waals surface area contributed by atoms with Gasteiger partial charge in [-0.3, -0.25) is 10.2 Å². The maximum atomic E-state index is 14.0. The number of esters is 2. The molecule has 2 aliphatic heterocycles. The lowest BCUT2D eigenvalue weighted by molar-refractivity contribution is -0.357. The number of carbonyl (C=O) groups excluding carboxylic acids is 2. The highest BCUT2D eigenvalue weighted by molar-refractivity contribution is 5.85. The molecule has 2 bridgehead atoms. The third kappa shape index (κ3) is 5.90. The van der Waals surface area contributed by atoms with Gasteiger partial charge >= 0.3 is 11.9 Å². The van der Waals surface area contributed by atoms with Crippen molar-refractivity contribution < 1.29 is 29.3 Å². The number of fused-ring (bicyclic) bond motifs is 3. The lowest BCUT2D eigenvalue weighted by Gasteiger charge is -2.76. The Morgan fingerprint density at radius 3 is 2.57 bits per heavy atom. The molecule has 0 aromatic heterocycles. The van der Waals surface area contributed by atoms with Crippen LogP contribution in [-0.2, 0) is 25.5 Å². The maximum absolute atomic E-state index is 14.0. The average molecular weight is 729 g/mol. The van der Waals surface area contributed by atoms with Gasteiger partial charge in [0.1, 0.15) is 6.61 Å². The predicted octanol–water partition coefficient (Wildman–Crippen LogP) is 7.49. The highest BCUT2D eigenvalue weighted by Gasteiger charge is 2.82. The third-order valence-corrected chi connectivity index (χ3v) is 16.3. The van der Waals surface area contributed by atoms with Crippen LogP contribution in [0.5, 0.6) is 0 Å². The van der Waals surface area contributed by atoms with Crippen LogP contribution in [0.1, 0.15) is 130 Å². The van der Waals surface area contributed by atoms with Crippen molar-refractivity contribution in [1.29, 1.82) is 0 Å². The van der Waals surface area contributed by atoms with E-state index < -0.39 is 28.3 Å². The Morgan fingerprint density at radius 1 is 1.08 bits per heavy atom. The van der Waals surface area contributed by atoms with E-state index in [9.17, 15) is 19.8 Å². The van der Waals surface area contributed by atoms with E-state index in [2.05, 4.69) is 74.1 Å². The van der Waals surface area contributed by atoms with E-state index in [0.29, 0.717) is 42.9 Å². The molecule has 11 unspecified atom stereocenters. The first-order chi connectivity index (χ1) is 25.3. The first-order valence-electron chi connectivity index (χ1n) is 21.0. The number of aryl methyl sites for hydroxylation is 1. The van der Waals surface area contributed by atoms with Crippen molar-refractivity contribution in [2.45, 2.75) is 154 Å². The number of rotatable bonds is 11. The number of nitrogens with one attached hydrogen (secondary N) is 2. The van der Waals surface area contributed by atoms with E-state index in [1.54, 1.807) is 6.08 Å². The van der Waals surface area contributed by atoms with Crippen LogP contribution in [0.25, 0.3) is 0 Å². The molecule has 5 aliphatic carbocycles. The molecule has 2 spiro atoms. The lowest BCUT2D eigenvalue weighted by atomic mass is 9.31. The highest BCUT2D eigenvalue weighted by Crippen LogP contribution is 2.77. The van der Waals surface area contributed by atoms with Gasteiger partial charge in [-0.25, -0.2) is 10.2 Å². The first kappa shape index (κ1) is 37.4. The molecule has 8 heteroatoms. The molecular weight excluding hydrogens is 665 g/mol. The van der Waals surface area contributed by atoms with Crippen LogP contribution < -0.4 is 10.9 Å². The summed E-state index contributed by atoms with van der Waals surface area (Å²) in [5.74, 6) is -0.386. The van der Waals surface area contributed by atoms with Crippen molar-refractivity contribution in [3.05, 3.63) is 59.7 Å². The van der Waals surface area contributed by atoms with E-state index in [4.69, 9.17) is 9.47 Å². The van der Waals surface area contributed by atoms with Crippen LogP contribution in [0.4, 0.5) is 0 Å².